The molecule has 4 nitrogen and oxygen atoms in total. The molecule has 6 heteroatoms. The summed E-state index contributed by atoms with van der Waals surface area (Å²) >= 11 is 4.53. The summed E-state index contributed by atoms with van der Waals surface area (Å²) in [7, 11) is 0. The maximum absolute atomic E-state index is 12.1. The van der Waals surface area contributed by atoms with Crippen LogP contribution < -0.4 is 5.32 Å². The van der Waals surface area contributed by atoms with Crippen molar-refractivity contribution in [3.63, 3.8) is 0 Å². The molecule has 0 fully saturated rings. The molecular weight excluding hydrogens is 326 g/mol. The quantitative estimate of drug-likeness (QED) is 0.929. The minimum absolute atomic E-state index is 0.0487. The van der Waals surface area contributed by atoms with Crippen LogP contribution in [0.15, 0.2) is 28.7 Å². The number of nitrogens with zero attached hydrogens (tertiary/aromatic N) is 2. The maximum Gasteiger partial charge on any atom is 0.265 e. The number of hydrogen-bond acceptors (Lipinski definition) is 4. The molecule has 0 saturated heterocycles. The van der Waals surface area contributed by atoms with E-state index in [1.807, 2.05) is 38.1 Å². The Balaban J connectivity index is 2.08. The second-order valence-electron chi connectivity index (χ2n) is 4.15. The van der Waals surface area contributed by atoms with Crippen LogP contribution in [0.4, 0.5) is 0 Å². The Morgan fingerprint density at radius 1 is 1.42 bits per heavy atom. The molecule has 1 unspecified atom stereocenters. The van der Waals surface area contributed by atoms with Crippen LogP contribution in [0.1, 0.15) is 40.8 Å². The largest absolute Gasteiger partial charge is 0.345 e. The Morgan fingerprint density at radius 3 is 2.74 bits per heavy atom. The smallest absolute Gasteiger partial charge is 0.265 e. The minimum atomic E-state index is -0.109. The van der Waals surface area contributed by atoms with E-state index in [2.05, 4.69) is 30.8 Å². The van der Waals surface area contributed by atoms with Crippen LogP contribution in [-0.2, 0) is 6.42 Å². The molecule has 19 heavy (non-hydrogen) atoms. The zero-order valence-corrected chi connectivity index (χ0v) is 13.1. The van der Waals surface area contributed by atoms with Crippen molar-refractivity contribution in [1.82, 2.24) is 14.9 Å². The molecule has 0 bridgehead atoms. The van der Waals surface area contributed by atoms with Crippen LogP contribution in [-0.4, -0.2) is 15.5 Å². The van der Waals surface area contributed by atoms with Gasteiger partial charge in [-0.15, -0.1) is 5.10 Å². The van der Waals surface area contributed by atoms with Gasteiger partial charge in [-0.1, -0.05) is 39.5 Å². The van der Waals surface area contributed by atoms with E-state index in [-0.39, 0.29) is 11.9 Å². The van der Waals surface area contributed by atoms with Gasteiger partial charge in [0.25, 0.3) is 5.91 Å². The molecule has 1 aromatic carbocycles. The first-order valence-corrected chi connectivity index (χ1v) is 7.56. The number of aromatic nitrogens is 2. The van der Waals surface area contributed by atoms with Gasteiger partial charge in [-0.3, -0.25) is 4.79 Å². The number of aryl methyl sites for hydroxylation is 1. The van der Waals surface area contributed by atoms with E-state index in [1.165, 1.54) is 0 Å². The summed E-state index contributed by atoms with van der Waals surface area (Å²) < 4.78 is 4.85. The molecule has 1 N–H and O–H groups in total. The minimum Gasteiger partial charge on any atom is -0.345 e. The lowest BCUT2D eigenvalue weighted by molar-refractivity contribution is 0.0943. The summed E-state index contributed by atoms with van der Waals surface area (Å²) in [5, 5.41) is 6.92. The number of carbonyl (C=O) groups excluding carboxylic acids is 1. The molecular formula is C13H14BrN3OS. The average molecular weight is 340 g/mol. The van der Waals surface area contributed by atoms with Gasteiger partial charge in [0, 0.05) is 4.47 Å². The Labute approximate surface area is 124 Å². The van der Waals surface area contributed by atoms with Crippen molar-refractivity contribution in [3.05, 3.63) is 44.9 Å². The van der Waals surface area contributed by atoms with Gasteiger partial charge < -0.3 is 5.32 Å². The number of carbonyl (C=O) groups is 1. The third-order valence-electron chi connectivity index (χ3n) is 2.81. The topological polar surface area (TPSA) is 54.9 Å². The van der Waals surface area contributed by atoms with Gasteiger partial charge in [0.15, 0.2) is 0 Å². The average Bonchev–Trinajstić information content (AvgIpc) is 2.87. The summed E-state index contributed by atoms with van der Waals surface area (Å²) in [6, 6.07) is 7.85. The second kappa shape index (κ2) is 6.25. The molecule has 1 aromatic heterocycles. The third kappa shape index (κ3) is 3.39. The molecule has 2 rings (SSSR count). The number of hydrogen-bond donors (Lipinski definition) is 1. The third-order valence-corrected chi connectivity index (χ3v) is 4.11. The lowest BCUT2D eigenvalue weighted by Gasteiger charge is -2.13. The lowest BCUT2D eigenvalue weighted by atomic mass is 10.1. The van der Waals surface area contributed by atoms with Crippen LogP contribution in [0.3, 0.4) is 0 Å². The first-order chi connectivity index (χ1) is 9.11. The van der Waals surface area contributed by atoms with Crippen molar-refractivity contribution in [3.8, 4) is 0 Å². The molecule has 1 atom stereocenters. The fourth-order valence-corrected chi connectivity index (χ4v) is 2.63. The number of nitrogens with one attached hydrogen (secondary N) is 1. The van der Waals surface area contributed by atoms with Gasteiger partial charge >= 0.3 is 0 Å². The molecule has 0 aliphatic rings. The van der Waals surface area contributed by atoms with Crippen LogP contribution in [0.5, 0.6) is 0 Å². The molecule has 100 valence electrons. The van der Waals surface area contributed by atoms with Gasteiger partial charge in [0.05, 0.1) is 11.7 Å². The van der Waals surface area contributed by atoms with Crippen molar-refractivity contribution >= 4 is 33.4 Å². The van der Waals surface area contributed by atoms with E-state index >= 15 is 0 Å². The van der Waals surface area contributed by atoms with Crippen LogP contribution in [0.2, 0.25) is 0 Å². The van der Waals surface area contributed by atoms with Crippen molar-refractivity contribution < 1.29 is 4.79 Å². The van der Waals surface area contributed by atoms with Gasteiger partial charge in [-0.2, -0.15) is 0 Å². The fraction of sp³-hybridized carbons (Fsp3) is 0.308. The van der Waals surface area contributed by atoms with E-state index in [0.717, 1.165) is 27.3 Å². The standard InChI is InChI=1S/C13H14BrN3OS/c1-3-11-12(19-17-16-11)13(18)15-8(2)9-4-6-10(14)7-5-9/h4-8H,3H2,1-2H3,(H,15,18). The molecule has 2 aromatic rings. The number of rotatable bonds is 4. The Morgan fingerprint density at radius 2 is 2.11 bits per heavy atom. The molecule has 0 radical (unpaired) electrons. The fourth-order valence-electron chi connectivity index (χ4n) is 1.71. The van der Waals surface area contributed by atoms with E-state index < -0.39 is 0 Å². The Kier molecular flexibility index (Phi) is 4.66. The molecule has 1 amide bonds. The summed E-state index contributed by atoms with van der Waals surface area (Å²) in [6.45, 7) is 3.92. The van der Waals surface area contributed by atoms with Crippen molar-refractivity contribution in [2.75, 3.05) is 0 Å². The number of amides is 1. The number of halogens is 1. The summed E-state index contributed by atoms with van der Waals surface area (Å²) in [5.74, 6) is -0.109. The first-order valence-electron chi connectivity index (χ1n) is 5.99. The van der Waals surface area contributed by atoms with Crippen molar-refractivity contribution in [1.29, 1.82) is 0 Å². The maximum atomic E-state index is 12.1. The SMILES string of the molecule is CCc1nnsc1C(=O)NC(C)c1ccc(Br)cc1. The van der Waals surface area contributed by atoms with E-state index in [1.54, 1.807) is 0 Å². The van der Waals surface area contributed by atoms with Crippen molar-refractivity contribution in [2.45, 2.75) is 26.3 Å². The molecule has 0 aliphatic heterocycles. The van der Waals surface area contributed by atoms with Crippen LogP contribution >= 0.6 is 27.5 Å². The first kappa shape index (κ1) is 14.1. The highest BCUT2D eigenvalue weighted by molar-refractivity contribution is 9.10. The van der Waals surface area contributed by atoms with Gasteiger partial charge in [-0.05, 0) is 42.6 Å². The van der Waals surface area contributed by atoms with Gasteiger partial charge in [-0.25, -0.2) is 0 Å². The van der Waals surface area contributed by atoms with E-state index in [4.69, 9.17) is 0 Å². The zero-order valence-electron chi connectivity index (χ0n) is 10.7. The number of benzene rings is 1. The molecule has 0 spiro atoms. The van der Waals surface area contributed by atoms with Gasteiger partial charge in [0.2, 0.25) is 0 Å². The van der Waals surface area contributed by atoms with E-state index in [0.29, 0.717) is 11.3 Å². The highest BCUT2D eigenvalue weighted by Crippen LogP contribution is 2.18. The Bertz CT molecular complexity index is 568. The second-order valence-corrected chi connectivity index (χ2v) is 5.82. The zero-order chi connectivity index (χ0) is 13.8. The highest BCUT2D eigenvalue weighted by Gasteiger charge is 2.17. The normalized spacial score (nSPS) is 12.2. The molecule has 0 aliphatic carbocycles. The Hall–Kier alpha value is -1.27. The summed E-state index contributed by atoms with van der Waals surface area (Å²) in [6.07, 6.45) is 0.714. The highest BCUT2D eigenvalue weighted by atomic mass is 79.9. The molecule has 1 heterocycles. The lowest BCUT2D eigenvalue weighted by Crippen LogP contribution is -2.26. The van der Waals surface area contributed by atoms with Crippen molar-refractivity contribution in [2.24, 2.45) is 0 Å². The van der Waals surface area contributed by atoms with Crippen LogP contribution in [0, 0.1) is 0 Å². The summed E-state index contributed by atoms with van der Waals surface area (Å²) in [4.78, 5) is 12.7. The van der Waals surface area contributed by atoms with E-state index in [9.17, 15) is 4.79 Å². The predicted octanol–water partition coefficient (Wildman–Crippen LogP) is 3.35. The monoisotopic (exact) mass is 339 g/mol. The van der Waals surface area contributed by atoms with Gasteiger partial charge in [0.1, 0.15) is 4.88 Å². The van der Waals surface area contributed by atoms with Crippen LogP contribution in [0.25, 0.3) is 0 Å². The summed E-state index contributed by atoms with van der Waals surface area (Å²) in [5.41, 5.74) is 1.82. The predicted molar refractivity (Wildman–Crippen MR) is 79.3 cm³/mol. The molecule has 0 saturated carbocycles.